The van der Waals surface area contributed by atoms with E-state index in [0.29, 0.717) is 30.2 Å². The van der Waals surface area contributed by atoms with E-state index in [2.05, 4.69) is 21.1 Å². The zero-order valence-electron chi connectivity index (χ0n) is 19.0. The molecule has 2 aromatic heterocycles. The minimum atomic E-state index is -0.245. The standard InChI is InChI=1S/C25H25N5O3/c1-15-8-24(27-10-18(15)9-26)30-17(3)19(11-28-30)12-29-6-7-32-23(13-29)20-4-5-21-22(16(20)2)14-33-25(21)31/h4-5,8,10-11,23H,6-7,12-14H2,1-3H3/t23-/m0/s1. The number of carbonyl (C=O) groups is 1. The lowest BCUT2D eigenvalue weighted by atomic mass is 9.94. The smallest absolute Gasteiger partial charge is 0.338 e. The van der Waals surface area contributed by atoms with Crippen molar-refractivity contribution in [2.75, 3.05) is 19.7 Å². The number of carbonyl (C=O) groups excluding carboxylic acids is 1. The van der Waals surface area contributed by atoms with E-state index in [9.17, 15) is 4.79 Å². The number of fused-ring (bicyclic) bond motifs is 1. The van der Waals surface area contributed by atoms with Crippen molar-refractivity contribution in [2.24, 2.45) is 0 Å². The number of cyclic esters (lactones) is 1. The van der Waals surface area contributed by atoms with Crippen LogP contribution in [0.1, 0.15) is 55.5 Å². The van der Waals surface area contributed by atoms with Gasteiger partial charge in [0.1, 0.15) is 12.7 Å². The van der Waals surface area contributed by atoms with E-state index in [0.717, 1.165) is 53.1 Å². The molecule has 3 aromatic rings. The molecule has 33 heavy (non-hydrogen) atoms. The third-order valence-corrected chi connectivity index (χ3v) is 6.64. The molecule has 1 saturated heterocycles. The maximum Gasteiger partial charge on any atom is 0.338 e. The van der Waals surface area contributed by atoms with Gasteiger partial charge in [0.25, 0.3) is 0 Å². The number of aryl methyl sites for hydroxylation is 1. The monoisotopic (exact) mass is 443 g/mol. The maximum atomic E-state index is 11.9. The molecule has 8 heteroatoms. The molecular formula is C25H25N5O3. The van der Waals surface area contributed by atoms with E-state index in [1.807, 2.05) is 49.8 Å². The second kappa shape index (κ2) is 8.43. The van der Waals surface area contributed by atoms with Crippen LogP contribution < -0.4 is 0 Å². The van der Waals surface area contributed by atoms with Crippen LogP contribution in [0.2, 0.25) is 0 Å². The fourth-order valence-corrected chi connectivity index (χ4v) is 4.60. The van der Waals surface area contributed by atoms with Crippen molar-refractivity contribution in [3.63, 3.8) is 0 Å². The van der Waals surface area contributed by atoms with Gasteiger partial charge in [0.15, 0.2) is 5.82 Å². The molecule has 0 N–H and O–H groups in total. The van der Waals surface area contributed by atoms with Crippen molar-refractivity contribution < 1.29 is 14.3 Å². The Balaban J connectivity index is 1.34. The van der Waals surface area contributed by atoms with Crippen LogP contribution in [0.4, 0.5) is 0 Å². The molecule has 1 fully saturated rings. The van der Waals surface area contributed by atoms with Crippen LogP contribution in [0.15, 0.2) is 30.6 Å². The van der Waals surface area contributed by atoms with Crippen LogP contribution in [0.5, 0.6) is 0 Å². The molecule has 2 aliphatic rings. The molecule has 5 rings (SSSR count). The van der Waals surface area contributed by atoms with Crippen LogP contribution in [0.25, 0.3) is 5.82 Å². The summed E-state index contributed by atoms with van der Waals surface area (Å²) in [6.45, 7) is 9.31. The fraction of sp³-hybridized carbons (Fsp3) is 0.360. The molecule has 0 amide bonds. The molecule has 4 heterocycles. The highest BCUT2D eigenvalue weighted by molar-refractivity contribution is 5.93. The molecule has 168 valence electrons. The number of aromatic nitrogens is 3. The van der Waals surface area contributed by atoms with Crippen molar-refractivity contribution in [1.29, 1.82) is 5.26 Å². The van der Waals surface area contributed by atoms with Crippen LogP contribution in [-0.2, 0) is 22.6 Å². The number of rotatable bonds is 4. The zero-order valence-corrected chi connectivity index (χ0v) is 19.0. The fourth-order valence-electron chi connectivity index (χ4n) is 4.60. The van der Waals surface area contributed by atoms with Crippen molar-refractivity contribution in [2.45, 2.75) is 40.0 Å². The lowest BCUT2D eigenvalue weighted by molar-refractivity contribution is -0.0333. The largest absolute Gasteiger partial charge is 0.457 e. The normalized spacial score (nSPS) is 18.1. The third-order valence-electron chi connectivity index (χ3n) is 6.64. The van der Waals surface area contributed by atoms with Gasteiger partial charge in [0.2, 0.25) is 0 Å². The van der Waals surface area contributed by atoms with Crippen LogP contribution in [0.3, 0.4) is 0 Å². The molecule has 0 unspecified atom stereocenters. The highest BCUT2D eigenvalue weighted by Crippen LogP contribution is 2.32. The predicted molar refractivity (Wildman–Crippen MR) is 120 cm³/mol. The number of nitrogens with zero attached hydrogens (tertiary/aromatic N) is 5. The van der Waals surface area contributed by atoms with Gasteiger partial charge < -0.3 is 9.47 Å². The van der Waals surface area contributed by atoms with E-state index in [1.54, 1.807) is 6.20 Å². The summed E-state index contributed by atoms with van der Waals surface area (Å²) < 4.78 is 13.1. The van der Waals surface area contributed by atoms with Gasteiger partial charge in [-0.2, -0.15) is 10.4 Å². The first-order valence-corrected chi connectivity index (χ1v) is 11.0. The number of ether oxygens (including phenoxy) is 2. The first kappa shape index (κ1) is 21.3. The summed E-state index contributed by atoms with van der Waals surface area (Å²) in [6.07, 6.45) is 3.42. The Kier molecular flexibility index (Phi) is 5.44. The first-order valence-electron chi connectivity index (χ1n) is 11.0. The van der Waals surface area contributed by atoms with Crippen molar-refractivity contribution in [3.8, 4) is 11.9 Å². The summed E-state index contributed by atoms with van der Waals surface area (Å²) in [6, 6.07) is 7.89. The Morgan fingerprint density at radius 1 is 1.24 bits per heavy atom. The second-order valence-electron chi connectivity index (χ2n) is 8.61. The summed E-state index contributed by atoms with van der Waals surface area (Å²) in [7, 11) is 0. The molecule has 0 radical (unpaired) electrons. The Morgan fingerprint density at radius 2 is 2.09 bits per heavy atom. The molecular weight excluding hydrogens is 418 g/mol. The summed E-state index contributed by atoms with van der Waals surface area (Å²) in [5.41, 5.74) is 7.44. The van der Waals surface area contributed by atoms with Crippen LogP contribution in [-0.4, -0.2) is 45.3 Å². The quantitative estimate of drug-likeness (QED) is 0.571. The number of hydrogen-bond donors (Lipinski definition) is 0. The topological polar surface area (TPSA) is 93.3 Å². The van der Waals surface area contributed by atoms with Gasteiger partial charge in [-0.3, -0.25) is 4.90 Å². The average molecular weight is 444 g/mol. The molecule has 0 bridgehead atoms. The van der Waals surface area contributed by atoms with Gasteiger partial charge in [0.05, 0.1) is 30.0 Å². The van der Waals surface area contributed by atoms with Gasteiger partial charge in [0, 0.05) is 42.7 Å². The van der Waals surface area contributed by atoms with Gasteiger partial charge in [-0.1, -0.05) is 6.07 Å². The first-order chi connectivity index (χ1) is 16.0. The average Bonchev–Trinajstić information content (AvgIpc) is 3.37. The van der Waals surface area contributed by atoms with Gasteiger partial charge in [-0.25, -0.2) is 14.5 Å². The van der Waals surface area contributed by atoms with E-state index in [-0.39, 0.29) is 12.1 Å². The van der Waals surface area contributed by atoms with Gasteiger partial charge >= 0.3 is 5.97 Å². The minimum absolute atomic E-state index is 0.0575. The zero-order chi connectivity index (χ0) is 23.1. The summed E-state index contributed by atoms with van der Waals surface area (Å²) in [5, 5.41) is 13.7. The molecule has 8 nitrogen and oxygen atoms in total. The van der Waals surface area contributed by atoms with Crippen LogP contribution in [0, 0.1) is 32.1 Å². The van der Waals surface area contributed by atoms with Crippen molar-refractivity contribution in [1.82, 2.24) is 19.7 Å². The number of pyridine rings is 1. The Morgan fingerprint density at radius 3 is 2.88 bits per heavy atom. The van der Waals surface area contributed by atoms with E-state index >= 15 is 0 Å². The SMILES string of the molecule is Cc1cc(-n2ncc(CN3CCO[C@H](c4ccc5c(c4C)COC5=O)C3)c2C)ncc1C#N. The number of benzene rings is 1. The Hall–Kier alpha value is -3.54. The summed E-state index contributed by atoms with van der Waals surface area (Å²) in [5.74, 6) is 0.464. The van der Waals surface area contributed by atoms with Crippen LogP contribution >= 0.6 is 0 Å². The summed E-state index contributed by atoms with van der Waals surface area (Å²) >= 11 is 0. The van der Waals surface area contributed by atoms with E-state index in [1.165, 1.54) is 0 Å². The number of nitriles is 1. The summed E-state index contributed by atoms with van der Waals surface area (Å²) in [4.78, 5) is 18.6. The molecule has 1 aromatic carbocycles. The van der Waals surface area contributed by atoms with Crippen molar-refractivity contribution in [3.05, 3.63) is 75.2 Å². The highest BCUT2D eigenvalue weighted by atomic mass is 16.5. The molecule has 0 saturated carbocycles. The van der Waals surface area contributed by atoms with Gasteiger partial charge in [-0.15, -0.1) is 0 Å². The second-order valence-corrected chi connectivity index (χ2v) is 8.61. The minimum Gasteiger partial charge on any atom is -0.457 e. The lowest BCUT2D eigenvalue weighted by Crippen LogP contribution is -2.38. The molecule has 2 aliphatic heterocycles. The Labute approximate surface area is 192 Å². The Bertz CT molecular complexity index is 1290. The molecule has 0 spiro atoms. The number of esters is 1. The lowest BCUT2D eigenvalue weighted by Gasteiger charge is -2.34. The molecule has 0 aliphatic carbocycles. The van der Waals surface area contributed by atoms with E-state index < -0.39 is 0 Å². The predicted octanol–water partition coefficient (Wildman–Crippen LogP) is 3.31. The van der Waals surface area contributed by atoms with E-state index in [4.69, 9.17) is 14.7 Å². The maximum absolute atomic E-state index is 11.9. The third kappa shape index (κ3) is 3.80. The highest BCUT2D eigenvalue weighted by Gasteiger charge is 2.29. The number of hydrogen-bond acceptors (Lipinski definition) is 7. The molecule has 1 atom stereocenters. The van der Waals surface area contributed by atoms with Crippen molar-refractivity contribution >= 4 is 5.97 Å². The number of morpholine rings is 1. The van der Waals surface area contributed by atoms with Gasteiger partial charge in [-0.05, 0) is 49.6 Å².